The molecule has 0 N–H and O–H groups in total. The SMILES string of the molecule is O=C1CCC(=O)N1C1CC2CCC(C1)N2C(=O)CCc1ccc(Cl)c(F)c1. The van der Waals surface area contributed by atoms with Crippen LogP contribution in [0.3, 0.4) is 0 Å². The number of imide groups is 1. The van der Waals surface area contributed by atoms with Gasteiger partial charge in [-0.25, -0.2) is 4.39 Å². The van der Waals surface area contributed by atoms with Crippen molar-refractivity contribution in [1.82, 2.24) is 9.80 Å². The number of hydrogen-bond donors (Lipinski definition) is 0. The van der Waals surface area contributed by atoms with Crippen LogP contribution in [-0.4, -0.2) is 45.6 Å². The van der Waals surface area contributed by atoms with E-state index < -0.39 is 5.82 Å². The predicted molar refractivity (Wildman–Crippen MR) is 97.5 cm³/mol. The molecule has 3 saturated heterocycles. The van der Waals surface area contributed by atoms with Gasteiger partial charge in [0.1, 0.15) is 5.82 Å². The van der Waals surface area contributed by atoms with Gasteiger partial charge in [-0.1, -0.05) is 17.7 Å². The van der Waals surface area contributed by atoms with Crippen molar-refractivity contribution in [3.8, 4) is 0 Å². The number of likely N-dealkylation sites (tertiary alicyclic amines) is 1. The zero-order chi connectivity index (χ0) is 19.1. The Kier molecular flexibility index (Phi) is 4.93. The minimum absolute atomic E-state index is 0.0652. The van der Waals surface area contributed by atoms with Gasteiger partial charge in [-0.3, -0.25) is 19.3 Å². The zero-order valence-corrected chi connectivity index (χ0v) is 15.8. The highest BCUT2D eigenvalue weighted by molar-refractivity contribution is 6.30. The molecule has 3 heterocycles. The highest BCUT2D eigenvalue weighted by atomic mass is 35.5. The number of piperidine rings is 1. The lowest BCUT2D eigenvalue weighted by Crippen LogP contribution is -2.53. The van der Waals surface area contributed by atoms with Crippen LogP contribution in [0.25, 0.3) is 0 Å². The number of nitrogens with zero attached hydrogens (tertiary/aromatic N) is 2. The number of halogens is 2. The van der Waals surface area contributed by atoms with E-state index in [1.807, 2.05) is 4.90 Å². The molecule has 7 heteroatoms. The summed E-state index contributed by atoms with van der Waals surface area (Å²) in [4.78, 5) is 40.3. The first-order valence-electron chi connectivity index (χ1n) is 9.54. The van der Waals surface area contributed by atoms with Gasteiger partial charge in [-0.2, -0.15) is 0 Å². The van der Waals surface area contributed by atoms with E-state index in [9.17, 15) is 18.8 Å². The van der Waals surface area contributed by atoms with Gasteiger partial charge in [0.05, 0.1) is 5.02 Å². The third-order valence-corrected chi connectivity index (χ3v) is 6.37. The molecule has 0 aromatic heterocycles. The number of rotatable bonds is 4. The molecule has 3 amide bonds. The number of fused-ring (bicyclic) bond motifs is 2. The Morgan fingerprint density at radius 3 is 2.30 bits per heavy atom. The molecule has 0 spiro atoms. The molecule has 1 aromatic carbocycles. The number of benzene rings is 1. The lowest BCUT2D eigenvalue weighted by atomic mass is 9.95. The second kappa shape index (κ2) is 7.23. The van der Waals surface area contributed by atoms with Crippen LogP contribution in [0.1, 0.15) is 50.5 Å². The molecular weight excluding hydrogens is 371 g/mol. The minimum Gasteiger partial charge on any atom is -0.337 e. The van der Waals surface area contributed by atoms with Crippen LogP contribution in [0.15, 0.2) is 18.2 Å². The molecule has 27 heavy (non-hydrogen) atoms. The largest absolute Gasteiger partial charge is 0.337 e. The number of carbonyl (C=O) groups is 3. The molecule has 2 atom stereocenters. The fraction of sp³-hybridized carbons (Fsp3) is 0.550. The van der Waals surface area contributed by atoms with Gasteiger partial charge in [-0.15, -0.1) is 0 Å². The molecule has 0 saturated carbocycles. The first kappa shape index (κ1) is 18.4. The van der Waals surface area contributed by atoms with E-state index in [0.29, 0.717) is 38.5 Å². The summed E-state index contributed by atoms with van der Waals surface area (Å²) in [5, 5.41) is 0.0798. The van der Waals surface area contributed by atoms with Gasteiger partial charge < -0.3 is 4.90 Å². The summed E-state index contributed by atoms with van der Waals surface area (Å²) >= 11 is 5.70. The fourth-order valence-electron chi connectivity index (χ4n) is 4.84. The van der Waals surface area contributed by atoms with Crippen LogP contribution in [0.2, 0.25) is 5.02 Å². The number of hydrogen-bond acceptors (Lipinski definition) is 3. The minimum atomic E-state index is -0.470. The van der Waals surface area contributed by atoms with Crippen molar-refractivity contribution >= 4 is 29.3 Å². The quantitative estimate of drug-likeness (QED) is 0.740. The van der Waals surface area contributed by atoms with Crippen molar-refractivity contribution in [2.45, 2.75) is 69.5 Å². The Morgan fingerprint density at radius 1 is 1.07 bits per heavy atom. The van der Waals surface area contributed by atoms with E-state index in [2.05, 4.69) is 0 Å². The van der Waals surface area contributed by atoms with Crippen molar-refractivity contribution in [3.05, 3.63) is 34.6 Å². The van der Waals surface area contributed by atoms with Crippen molar-refractivity contribution in [1.29, 1.82) is 0 Å². The van der Waals surface area contributed by atoms with E-state index in [4.69, 9.17) is 11.6 Å². The third-order valence-electron chi connectivity index (χ3n) is 6.06. The van der Waals surface area contributed by atoms with E-state index >= 15 is 0 Å². The molecule has 3 aliphatic rings. The van der Waals surface area contributed by atoms with Gasteiger partial charge >= 0.3 is 0 Å². The van der Waals surface area contributed by atoms with Gasteiger partial charge in [0.25, 0.3) is 0 Å². The van der Waals surface area contributed by atoms with Gasteiger partial charge in [0.2, 0.25) is 17.7 Å². The Bertz CT molecular complexity index is 769. The average molecular weight is 393 g/mol. The van der Waals surface area contributed by atoms with Gasteiger partial charge in [-0.05, 0) is 49.8 Å². The molecular formula is C20H22ClFN2O3. The molecule has 1 aromatic rings. The number of carbonyl (C=O) groups excluding carboxylic acids is 3. The summed E-state index contributed by atoms with van der Waals surface area (Å²) in [6.07, 6.45) is 4.59. The monoisotopic (exact) mass is 392 g/mol. The first-order valence-corrected chi connectivity index (χ1v) is 9.92. The van der Waals surface area contributed by atoms with Crippen LogP contribution in [0.4, 0.5) is 4.39 Å². The smallest absolute Gasteiger partial charge is 0.229 e. The second-order valence-electron chi connectivity index (χ2n) is 7.72. The van der Waals surface area contributed by atoms with Crippen molar-refractivity contribution in [2.75, 3.05) is 0 Å². The van der Waals surface area contributed by atoms with E-state index in [-0.39, 0.29) is 40.9 Å². The standard InChI is InChI=1S/C20H22ClFN2O3/c21-16-5-1-12(9-17(16)22)2-6-18(25)23-13-3-4-14(23)11-15(10-13)24-19(26)7-8-20(24)27/h1,5,9,13-15H,2-4,6-8,10-11H2. The Labute approximate surface area is 162 Å². The van der Waals surface area contributed by atoms with Crippen LogP contribution >= 0.6 is 11.6 Å². The molecule has 0 aliphatic carbocycles. The first-order chi connectivity index (χ1) is 12.9. The topological polar surface area (TPSA) is 57.7 Å². The Balaban J connectivity index is 1.39. The molecule has 0 radical (unpaired) electrons. The predicted octanol–water partition coefficient (Wildman–Crippen LogP) is 3.08. The second-order valence-corrected chi connectivity index (χ2v) is 8.12. The van der Waals surface area contributed by atoms with E-state index in [1.54, 1.807) is 6.07 Å². The van der Waals surface area contributed by atoms with Crippen molar-refractivity contribution in [3.63, 3.8) is 0 Å². The number of aryl methyl sites for hydroxylation is 1. The summed E-state index contributed by atoms with van der Waals surface area (Å²) in [5.41, 5.74) is 0.751. The maximum Gasteiger partial charge on any atom is 0.229 e. The van der Waals surface area contributed by atoms with Crippen LogP contribution in [0, 0.1) is 5.82 Å². The highest BCUT2D eigenvalue weighted by Crippen LogP contribution is 2.39. The summed E-state index contributed by atoms with van der Waals surface area (Å²) in [6.45, 7) is 0. The van der Waals surface area contributed by atoms with Crippen molar-refractivity contribution in [2.24, 2.45) is 0 Å². The molecule has 3 fully saturated rings. The Hall–Kier alpha value is -1.95. The molecule has 144 valence electrons. The number of amides is 3. The van der Waals surface area contributed by atoms with Gasteiger partial charge in [0, 0.05) is 37.4 Å². The highest BCUT2D eigenvalue weighted by Gasteiger charge is 2.47. The van der Waals surface area contributed by atoms with Gasteiger partial charge in [0.15, 0.2) is 0 Å². The average Bonchev–Trinajstić information content (AvgIpc) is 3.11. The fourth-order valence-corrected chi connectivity index (χ4v) is 4.96. The van der Waals surface area contributed by atoms with Crippen LogP contribution in [-0.2, 0) is 20.8 Å². The molecule has 5 nitrogen and oxygen atoms in total. The molecule has 3 aliphatic heterocycles. The normalized spacial score (nSPS) is 27.6. The van der Waals surface area contributed by atoms with E-state index in [1.165, 1.54) is 17.0 Å². The van der Waals surface area contributed by atoms with Crippen LogP contribution < -0.4 is 0 Å². The van der Waals surface area contributed by atoms with Crippen LogP contribution in [0.5, 0.6) is 0 Å². The third kappa shape index (κ3) is 3.47. The Morgan fingerprint density at radius 2 is 1.70 bits per heavy atom. The van der Waals surface area contributed by atoms with E-state index in [0.717, 1.165) is 18.4 Å². The maximum atomic E-state index is 13.6. The molecule has 2 unspecified atom stereocenters. The summed E-state index contributed by atoms with van der Waals surface area (Å²) < 4.78 is 13.6. The molecule has 4 rings (SSSR count). The maximum absolute atomic E-state index is 13.6. The summed E-state index contributed by atoms with van der Waals surface area (Å²) in [5.74, 6) is -0.555. The molecule has 2 bridgehead atoms. The lowest BCUT2D eigenvalue weighted by molar-refractivity contribution is -0.144. The van der Waals surface area contributed by atoms with Crippen molar-refractivity contribution < 1.29 is 18.8 Å². The summed E-state index contributed by atoms with van der Waals surface area (Å²) in [7, 11) is 0. The lowest BCUT2D eigenvalue weighted by Gasteiger charge is -2.41. The summed E-state index contributed by atoms with van der Waals surface area (Å²) in [6, 6.07) is 4.73. The zero-order valence-electron chi connectivity index (χ0n) is 15.0.